The zero-order valence-corrected chi connectivity index (χ0v) is 11.2. The summed E-state index contributed by atoms with van der Waals surface area (Å²) in [5, 5.41) is 8.81. The Morgan fingerprint density at radius 3 is 1.72 bits per heavy atom. The SMILES string of the molecule is CCC.Cc1cccc(O)c1.F.F.F.O=S([O-])O. The maximum atomic E-state index is 8.81. The Morgan fingerprint density at radius 1 is 1.22 bits per heavy atom. The molecule has 0 aliphatic rings. The summed E-state index contributed by atoms with van der Waals surface area (Å²) in [4.78, 5) is 0. The molecule has 0 bridgehead atoms. The third-order valence-corrected chi connectivity index (χ3v) is 1.00. The van der Waals surface area contributed by atoms with Crippen LogP contribution in [0.25, 0.3) is 0 Å². The van der Waals surface area contributed by atoms with Gasteiger partial charge in [0.15, 0.2) is 0 Å². The molecule has 0 aliphatic heterocycles. The first-order valence-electron chi connectivity index (χ1n) is 4.48. The molecule has 1 unspecified atom stereocenters. The van der Waals surface area contributed by atoms with E-state index < -0.39 is 11.4 Å². The summed E-state index contributed by atoms with van der Waals surface area (Å²) < 4.78 is 24.1. The van der Waals surface area contributed by atoms with Gasteiger partial charge in [0.1, 0.15) is 5.75 Å². The number of benzene rings is 1. The second kappa shape index (κ2) is 21.2. The fraction of sp³-hybridized carbons (Fsp3) is 0.400. The monoisotopic (exact) mass is 293 g/mol. The van der Waals surface area contributed by atoms with Crippen LogP contribution in [0.2, 0.25) is 0 Å². The van der Waals surface area contributed by atoms with Crippen LogP contribution in [0, 0.1) is 6.92 Å². The Morgan fingerprint density at radius 2 is 1.56 bits per heavy atom. The van der Waals surface area contributed by atoms with Gasteiger partial charge in [-0.25, -0.2) is 4.21 Å². The molecular weight excluding hydrogens is 273 g/mol. The maximum absolute atomic E-state index is 8.81. The average Bonchev–Trinajstić information content (AvgIpc) is 2.03. The number of phenols is 1. The number of hydrogen-bond acceptors (Lipinski definition) is 3. The van der Waals surface area contributed by atoms with E-state index in [0.29, 0.717) is 5.75 Å². The summed E-state index contributed by atoms with van der Waals surface area (Å²) in [6.07, 6.45) is 1.25. The van der Waals surface area contributed by atoms with Crippen molar-refractivity contribution in [3.8, 4) is 5.75 Å². The van der Waals surface area contributed by atoms with Crippen molar-refractivity contribution in [2.45, 2.75) is 27.2 Å². The van der Waals surface area contributed by atoms with E-state index in [4.69, 9.17) is 18.4 Å². The first-order chi connectivity index (χ1) is 6.93. The number of aromatic hydroxyl groups is 1. The normalized spacial score (nSPS) is 8.50. The molecule has 0 spiro atoms. The Kier molecular flexibility index (Phi) is 35.5. The van der Waals surface area contributed by atoms with Crippen LogP contribution in [-0.4, -0.2) is 18.4 Å². The van der Waals surface area contributed by atoms with Crippen molar-refractivity contribution in [3.63, 3.8) is 0 Å². The van der Waals surface area contributed by atoms with Gasteiger partial charge in [-0.05, 0) is 24.6 Å². The highest BCUT2D eigenvalue weighted by atomic mass is 32.2. The summed E-state index contributed by atoms with van der Waals surface area (Å²) in [6, 6.07) is 7.15. The predicted octanol–water partition coefficient (Wildman–Crippen LogP) is 2.91. The van der Waals surface area contributed by atoms with Crippen molar-refractivity contribution in [3.05, 3.63) is 29.8 Å². The van der Waals surface area contributed by atoms with Gasteiger partial charge in [-0.1, -0.05) is 32.4 Å². The summed E-state index contributed by atoms with van der Waals surface area (Å²) in [5.74, 6) is 0.338. The van der Waals surface area contributed by atoms with E-state index in [1.54, 1.807) is 12.1 Å². The van der Waals surface area contributed by atoms with E-state index in [-0.39, 0.29) is 14.1 Å². The Bertz CT molecular complexity index is 266. The molecule has 1 aromatic carbocycles. The summed E-state index contributed by atoms with van der Waals surface area (Å²) in [5.41, 5.74) is 1.09. The maximum Gasteiger partial charge on any atom is 0.115 e. The van der Waals surface area contributed by atoms with Gasteiger partial charge in [-0.2, -0.15) is 0 Å². The molecule has 2 N–H and O–H groups in total. The second-order valence-electron chi connectivity index (χ2n) is 2.76. The molecule has 4 nitrogen and oxygen atoms in total. The highest BCUT2D eigenvalue weighted by Crippen LogP contribution is 2.08. The summed E-state index contributed by atoms with van der Waals surface area (Å²) in [7, 11) is 0. The number of aryl methyl sites for hydroxylation is 1. The molecule has 18 heavy (non-hydrogen) atoms. The molecule has 0 aliphatic carbocycles. The smallest absolute Gasteiger partial charge is 0.115 e. The van der Waals surface area contributed by atoms with Gasteiger partial charge in [0.25, 0.3) is 0 Å². The minimum Gasteiger partial charge on any atom is -0.750 e. The van der Waals surface area contributed by atoms with Crippen LogP contribution in [0.1, 0.15) is 25.8 Å². The first kappa shape index (κ1) is 30.2. The summed E-state index contributed by atoms with van der Waals surface area (Å²) >= 11 is -2.86. The number of rotatable bonds is 0. The molecule has 0 heterocycles. The van der Waals surface area contributed by atoms with Crippen molar-refractivity contribution < 1.29 is 32.5 Å². The van der Waals surface area contributed by atoms with Crippen LogP contribution < -0.4 is 0 Å². The fourth-order valence-electron chi connectivity index (χ4n) is 0.628. The Hall–Kier alpha value is -1.12. The van der Waals surface area contributed by atoms with E-state index in [2.05, 4.69) is 13.8 Å². The molecule has 0 saturated carbocycles. The Balaban J connectivity index is -0.0000000497. The molecule has 0 amide bonds. The zero-order chi connectivity index (χ0) is 12.3. The van der Waals surface area contributed by atoms with Crippen LogP contribution in [0.5, 0.6) is 5.75 Å². The minimum absolute atomic E-state index is 0. The van der Waals surface area contributed by atoms with Crippen molar-refractivity contribution in [2.24, 2.45) is 0 Å². The van der Waals surface area contributed by atoms with Gasteiger partial charge in [0, 0.05) is 0 Å². The molecule has 0 aromatic heterocycles. The molecule has 0 fully saturated rings. The third-order valence-electron chi connectivity index (χ3n) is 1.00. The van der Waals surface area contributed by atoms with Gasteiger partial charge in [0.05, 0.1) is 11.4 Å². The average molecular weight is 293 g/mol. The standard InChI is InChI=1S/C7H8O.C3H8.3FH.H2O3S/c1-6-3-2-4-7(8)5-6;1-3-2;;;;1-4(2)3/h2-5,8H,1H3;3H2,1-2H3;3*1H;(H2,1,2,3)/p-1. The number of hydrogen-bond donors (Lipinski definition) is 2. The van der Waals surface area contributed by atoms with E-state index in [9.17, 15) is 0 Å². The topological polar surface area (TPSA) is 80.6 Å². The van der Waals surface area contributed by atoms with E-state index >= 15 is 0 Å². The van der Waals surface area contributed by atoms with E-state index in [0.717, 1.165) is 5.56 Å². The lowest BCUT2D eigenvalue weighted by Crippen LogP contribution is -1.75. The molecule has 1 aromatic rings. The fourth-order valence-corrected chi connectivity index (χ4v) is 0.628. The first-order valence-corrected chi connectivity index (χ1v) is 5.51. The molecule has 0 saturated heterocycles. The quantitative estimate of drug-likeness (QED) is 0.721. The van der Waals surface area contributed by atoms with Gasteiger partial charge in [0.2, 0.25) is 0 Å². The number of phenolic OH excluding ortho intramolecular Hbond substituents is 1. The highest BCUT2D eigenvalue weighted by molar-refractivity contribution is 7.73. The predicted molar refractivity (Wildman–Crippen MR) is 67.9 cm³/mol. The Labute approximate surface area is 107 Å². The van der Waals surface area contributed by atoms with E-state index in [1.165, 1.54) is 6.42 Å². The van der Waals surface area contributed by atoms with Crippen molar-refractivity contribution in [1.82, 2.24) is 0 Å². The van der Waals surface area contributed by atoms with Crippen LogP contribution in [-0.2, 0) is 11.4 Å². The lowest BCUT2D eigenvalue weighted by Gasteiger charge is -1.89. The van der Waals surface area contributed by atoms with Crippen LogP contribution in [0.3, 0.4) is 0 Å². The van der Waals surface area contributed by atoms with Crippen molar-refractivity contribution >= 4 is 11.4 Å². The zero-order valence-electron chi connectivity index (χ0n) is 10.4. The van der Waals surface area contributed by atoms with Gasteiger partial charge in [-0.15, -0.1) is 0 Å². The van der Waals surface area contributed by atoms with Crippen molar-refractivity contribution in [2.75, 3.05) is 0 Å². The van der Waals surface area contributed by atoms with Crippen molar-refractivity contribution in [1.29, 1.82) is 0 Å². The molecule has 8 heteroatoms. The third kappa shape index (κ3) is 36.4. The van der Waals surface area contributed by atoms with Gasteiger partial charge in [-0.3, -0.25) is 14.1 Å². The van der Waals surface area contributed by atoms with Crippen LogP contribution >= 0.6 is 0 Å². The molecule has 112 valence electrons. The molecular formula is C10H20F3O4S-. The van der Waals surface area contributed by atoms with Crippen LogP contribution in [0.4, 0.5) is 14.1 Å². The largest absolute Gasteiger partial charge is 0.750 e. The number of halogens is 3. The lowest BCUT2D eigenvalue weighted by atomic mass is 10.2. The van der Waals surface area contributed by atoms with Gasteiger partial charge < -0.3 is 14.2 Å². The second-order valence-corrected chi connectivity index (χ2v) is 3.20. The molecule has 1 rings (SSSR count). The van der Waals surface area contributed by atoms with Gasteiger partial charge >= 0.3 is 0 Å². The summed E-state index contributed by atoms with van der Waals surface area (Å²) in [6.45, 7) is 6.19. The van der Waals surface area contributed by atoms with E-state index in [1.807, 2.05) is 19.1 Å². The minimum atomic E-state index is -2.86. The highest BCUT2D eigenvalue weighted by Gasteiger charge is 1.83. The molecule has 1 atom stereocenters. The lowest BCUT2D eigenvalue weighted by molar-refractivity contribution is 0.436. The van der Waals surface area contributed by atoms with Crippen LogP contribution in [0.15, 0.2) is 24.3 Å². The molecule has 0 radical (unpaired) electrons.